The van der Waals surface area contributed by atoms with Crippen LogP contribution in [0, 0.1) is 0 Å². The molecule has 4 nitrogen and oxygen atoms in total. The fourth-order valence-corrected chi connectivity index (χ4v) is 3.59. The van der Waals surface area contributed by atoms with Gasteiger partial charge in [-0.1, -0.05) is 47.3 Å². The van der Waals surface area contributed by atoms with Gasteiger partial charge in [0.05, 0.1) is 23.2 Å². The minimum Gasteiger partial charge on any atom is -0.490 e. The Labute approximate surface area is 191 Å². The van der Waals surface area contributed by atoms with Gasteiger partial charge in [-0.15, -0.1) is 11.6 Å². The zero-order valence-electron chi connectivity index (χ0n) is 16.2. The zero-order valence-corrected chi connectivity index (χ0v) is 19.3. The number of ketones is 1. The SMILES string of the molecule is CSNCC(=O)COc1ccc(CCc2cc(Cl)c(OCCCCl)c(Cl)c2)cc1. The summed E-state index contributed by atoms with van der Waals surface area (Å²) in [6.45, 7) is 0.834. The zero-order chi connectivity index (χ0) is 21.1. The van der Waals surface area contributed by atoms with Gasteiger partial charge in [-0.25, -0.2) is 0 Å². The van der Waals surface area contributed by atoms with Crippen LogP contribution in [0.5, 0.6) is 11.5 Å². The number of Topliss-reactive ketones (excluding diaryl/α,β-unsaturated/α-hetero) is 1. The average Bonchev–Trinajstić information content (AvgIpc) is 2.72. The highest BCUT2D eigenvalue weighted by atomic mass is 35.5. The summed E-state index contributed by atoms with van der Waals surface area (Å²) >= 11 is 19.7. The molecule has 0 fully saturated rings. The van der Waals surface area contributed by atoms with E-state index in [0.29, 0.717) is 40.6 Å². The van der Waals surface area contributed by atoms with E-state index >= 15 is 0 Å². The van der Waals surface area contributed by atoms with Crippen molar-refractivity contribution in [1.29, 1.82) is 0 Å². The molecule has 0 aromatic heterocycles. The van der Waals surface area contributed by atoms with Gasteiger partial charge in [-0.05, 0) is 60.9 Å². The minimum atomic E-state index is 0.00673. The molecular formula is C21H24Cl3NO3S. The van der Waals surface area contributed by atoms with Crippen molar-refractivity contribution in [2.45, 2.75) is 19.3 Å². The Balaban J connectivity index is 1.85. The summed E-state index contributed by atoms with van der Waals surface area (Å²) in [5, 5.41) is 1.01. The fraction of sp³-hybridized carbons (Fsp3) is 0.381. The highest BCUT2D eigenvalue weighted by Gasteiger charge is 2.10. The molecule has 2 rings (SSSR count). The van der Waals surface area contributed by atoms with Crippen LogP contribution in [0.4, 0.5) is 0 Å². The lowest BCUT2D eigenvalue weighted by Crippen LogP contribution is -2.22. The van der Waals surface area contributed by atoms with Crippen molar-refractivity contribution in [3.63, 3.8) is 0 Å². The molecule has 158 valence electrons. The smallest absolute Gasteiger partial charge is 0.184 e. The summed E-state index contributed by atoms with van der Waals surface area (Å²) in [6, 6.07) is 11.5. The Kier molecular flexibility index (Phi) is 11.0. The Morgan fingerprint density at radius 2 is 1.69 bits per heavy atom. The fourth-order valence-electron chi connectivity index (χ4n) is 2.53. The van der Waals surface area contributed by atoms with E-state index in [1.54, 1.807) is 0 Å². The van der Waals surface area contributed by atoms with Crippen LogP contribution >= 0.6 is 46.8 Å². The second-order valence-electron chi connectivity index (χ2n) is 6.28. The van der Waals surface area contributed by atoms with Crippen LogP contribution in [0.1, 0.15) is 17.5 Å². The van der Waals surface area contributed by atoms with Gasteiger partial charge in [0.1, 0.15) is 12.4 Å². The summed E-state index contributed by atoms with van der Waals surface area (Å²) in [5.74, 6) is 1.72. The highest BCUT2D eigenvalue weighted by Crippen LogP contribution is 2.34. The van der Waals surface area contributed by atoms with E-state index in [0.717, 1.165) is 30.4 Å². The van der Waals surface area contributed by atoms with Crippen molar-refractivity contribution < 1.29 is 14.3 Å². The summed E-state index contributed by atoms with van der Waals surface area (Å²) in [6.07, 6.45) is 4.23. The van der Waals surface area contributed by atoms with Gasteiger partial charge in [0.2, 0.25) is 0 Å². The molecule has 0 unspecified atom stereocenters. The number of nitrogens with one attached hydrogen (secondary N) is 1. The van der Waals surface area contributed by atoms with E-state index < -0.39 is 0 Å². The quantitative estimate of drug-likeness (QED) is 0.231. The lowest BCUT2D eigenvalue weighted by Gasteiger charge is -2.12. The maximum atomic E-state index is 11.6. The van der Waals surface area contributed by atoms with Crippen molar-refractivity contribution in [2.75, 3.05) is 31.9 Å². The first-order valence-corrected chi connectivity index (χ1v) is 11.7. The number of carbonyl (C=O) groups is 1. The molecule has 0 spiro atoms. The van der Waals surface area contributed by atoms with Crippen molar-refractivity contribution in [3.05, 3.63) is 57.6 Å². The molecule has 0 aliphatic rings. The molecule has 0 aliphatic heterocycles. The normalized spacial score (nSPS) is 10.8. The average molecular weight is 477 g/mol. The summed E-state index contributed by atoms with van der Waals surface area (Å²) in [4.78, 5) is 11.6. The number of hydrogen-bond donors (Lipinski definition) is 1. The van der Waals surface area contributed by atoms with E-state index in [1.165, 1.54) is 11.9 Å². The third-order valence-corrected chi connectivity index (χ3v) is 5.28. The first-order chi connectivity index (χ1) is 14.0. The Hall–Kier alpha value is -1.11. The maximum absolute atomic E-state index is 11.6. The maximum Gasteiger partial charge on any atom is 0.184 e. The molecule has 0 bridgehead atoms. The minimum absolute atomic E-state index is 0.00673. The molecule has 0 aliphatic carbocycles. The molecule has 0 radical (unpaired) electrons. The van der Waals surface area contributed by atoms with Crippen molar-refractivity contribution >= 4 is 52.5 Å². The standard InChI is InChI=1S/C21H24Cl3NO3S/c1-29-25-13-17(26)14-28-18-7-5-15(6-8-18)3-4-16-11-19(23)21(20(24)12-16)27-10-2-9-22/h5-8,11-12,25H,2-4,9-10,13-14H2,1H3. The van der Waals surface area contributed by atoms with Crippen molar-refractivity contribution in [1.82, 2.24) is 4.72 Å². The van der Waals surface area contributed by atoms with Gasteiger partial charge in [-0.2, -0.15) is 0 Å². The van der Waals surface area contributed by atoms with Crippen LogP contribution in [0.15, 0.2) is 36.4 Å². The summed E-state index contributed by atoms with van der Waals surface area (Å²) < 4.78 is 14.0. The van der Waals surface area contributed by atoms with E-state index in [-0.39, 0.29) is 12.4 Å². The molecule has 29 heavy (non-hydrogen) atoms. The summed E-state index contributed by atoms with van der Waals surface area (Å²) in [5.41, 5.74) is 2.19. The number of halogens is 3. The molecular weight excluding hydrogens is 453 g/mol. The predicted molar refractivity (Wildman–Crippen MR) is 123 cm³/mol. The first kappa shape index (κ1) is 24.2. The van der Waals surface area contributed by atoms with E-state index in [1.807, 2.05) is 42.7 Å². The highest BCUT2D eigenvalue weighted by molar-refractivity contribution is 7.96. The number of ether oxygens (including phenoxy) is 2. The molecule has 0 heterocycles. The molecule has 0 saturated heterocycles. The van der Waals surface area contributed by atoms with Crippen molar-refractivity contribution in [2.24, 2.45) is 0 Å². The van der Waals surface area contributed by atoms with Gasteiger partial charge >= 0.3 is 0 Å². The number of alkyl halides is 1. The number of benzene rings is 2. The monoisotopic (exact) mass is 475 g/mol. The predicted octanol–water partition coefficient (Wildman–Crippen LogP) is 5.60. The molecule has 1 N–H and O–H groups in total. The van der Waals surface area contributed by atoms with Gasteiger partial charge < -0.3 is 9.47 Å². The van der Waals surface area contributed by atoms with Crippen LogP contribution in [-0.2, 0) is 17.6 Å². The molecule has 2 aromatic carbocycles. The van der Waals surface area contributed by atoms with Crippen LogP contribution in [-0.4, -0.2) is 37.7 Å². The van der Waals surface area contributed by atoms with Crippen LogP contribution in [0.25, 0.3) is 0 Å². The van der Waals surface area contributed by atoms with Gasteiger partial charge in [0.25, 0.3) is 0 Å². The number of rotatable bonds is 13. The lowest BCUT2D eigenvalue weighted by atomic mass is 10.0. The van der Waals surface area contributed by atoms with E-state index in [2.05, 4.69) is 4.72 Å². The number of aryl methyl sites for hydroxylation is 2. The second-order valence-corrected chi connectivity index (χ2v) is 8.17. The van der Waals surface area contributed by atoms with Gasteiger partial charge in [0.15, 0.2) is 11.5 Å². The molecule has 0 amide bonds. The molecule has 0 saturated carbocycles. The third kappa shape index (κ3) is 8.65. The topological polar surface area (TPSA) is 47.6 Å². The Bertz CT molecular complexity index is 764. The van der Waals surface area contributed by atoms with Gasteiger partial charge in [0, 0.05) is 5.88 Å². The van der Waals surface area contributed by atoms with Crippen molar-refractivity contribution in [3.8, 4) is 11.5 Å². The Morgan fingerprint density at radius 3 is 2.31 bits per heavy atom. The van der Waals surface area contributed by atoms with E-state index in [4.69, 9.17) is 44.3 Å². The third-order valence-electron chi connectivity index (χ3n) is 4.02. The Morgan fingerprint density at radius 1 is 1.03 bits per heavy atom. The van der Waals surface area contributed by atoms with E-state index in [9.17, 15) is 4.79 Å². The van der Waals surface area contributed by atoms with Gasteiger partial charge in [-0.3, -0.25) is 9.52 Å². The molecule has 2 aromatic rings. The van der Waals surface area contributed by atoms with Crippen LogP contribution in [0.2, 0.25) is 10.0 Å². The molecule has 8 heteroatoms. The second kappa shape index (κ2) is 13.2. The number of hydrogen-bond acceptors (Lipinski definition) is 5. The lowest BCUT2D eigenvalue weighted by molar-refractivity contribution is -0.119. The van der Waals surface area contributed by atoms with Crippen LogP contribution < -0.4 is 14.2 Å². The number of carbonyl (C=O) groups excluding carboxylic acids is 1. The molecule has 0 atom stereocenters. The van der Waals surface area contributed by atoms with Crippen LogP contribution in [0.3, 0.4) is 0 Å². The first-order valence-electron chi connectivity index (χ1n) is 9.19. The largest absolute Gasteiger partial charge is 0.490 e. The summed E-state index contributed by atoms with van der Waals surface area (Å²) in [7, 11) is 0.